The van der Waals surface area contributed by atoms with E-state index >= 15 is 0 Å². The number of carbonyl (C=O) groups is 3. The largest absolute Gasteiger partial charge is 0.478 e. The van der Waals surface area contributed by atoms with Crippen LogP contribution in [-0.2, 0) is 23.9 Å². The van der Waals surface area contributed by atoms with E-state index < -0.39 is 17.9 Å². The summed E-state index contributed by atoms with van der Waals surface area (Å²) in [4.78, 5) is 31.0. The summed E-state index contributed by atoms with van der Waals surface area (Å²) in [5.74, 6) is -2.74. The van der Waals surface area contributed by atoms with Gasteiger partial charge in [-0.05, 0) is 20.4 Å². The fourth-order valence-electron chi connectivity index (χ4n) is 0.355. The van der Waals surface area contributed by atoms with Crippen LogP contribution in [0.15, 0.2) is 36.6 Å². The molecule has 0 atom stereocenters. The molecule has 0 saturated carbocycles. The summed E-state index contributed by atoms with van der Waals surface area (Å²) in [5, 5.41) is 7.89. The fourth-order valence-corrected chi connectivity index (χ4v) is 0.355. The van der Waals surface area contributed by atoms with Crippen molar-refractivity contribution in [1.82, 2.24) is 0 Å². The van der Waals surface area contributed by atoms with Crippen molar-refractivity contribution in [2.24, 2.45) is 0 Å². The van der Waals surface area contributed by atoms with Crippen molar-refractivity contribution in [2.75, 3.05) is 7.11 Å². The van der Waals surface area contributed by atoms with E-state index in [4.69, 9.17) is 5.11 Å². The number of rotatable bonds is 4. The van der Waals surface area contributed by atoms with Gasteiger partial charge < -0.3 is 14.6 Å². The molecular formula is C12H16O6. The Bertz CT molecular complexity index is 379. The van der Waals surface area contributed by atoms with Crippen molar-refractivity contribution in [3.05, 3.63) is 36.6 Å². The summed E-state index contributed by atoms with van der Waals surface area (Å²) in [6.45, 7) is 12.6. The molecule has 0 rings (SSSR count). The topological polar surface area (TPSA) is 89.9 Å². The van der Waals surface area contributed by atoms with Crippen molar-refractivity contribution in [2.45, 2.75) is 13.8 Å². The molecule has 0 aliphatic heterocycles. The molecular weight excluding hydrogens is 240 g/mol. The zero-order chi connectivity index (χ0) is 14.9. The molecule has 100 valence electrons. The number of carbonyl (C=O) groups excluding carboxylic acids is 2. The molecule has 0 fully saturated rings. The highest BCUT2D eigenvalue weighted by molar-refractivity contribution is 5.93. The van der Waals surface area contributed by atoms with Gasteiger partial charge in [0.05, 0.1) is 7.11 Å². The molecule has 0 aliphatic carbocycles. The highest BCUT2D eigenvalue weighted by atomic mass is 16.6. The molecule has 0 aromatic heterocycles. The summed E-state index contributed by atoms with van der Waals surface area (Å²) in [5.41, 5.74) is 0.370. The highest BCUT2D eigenvalue weighted by Crippen LogP contribution is 2.01. The van der Waals surface area contributed by atoms with Crippen LogP contribution < -0.4 is 0 Å². The summed E-state index contributed by atoms with van der Waals surface area (Å²) in [6, 6.07) is 0. The van der Waals surface area contributed by atoms with E-state index in [1.807, 2.05) is 0 Å². The quantitative estimate of drug-likeness (QED) is 0.465. The average Bonchev–Trinajstić information content (AvgIpc) is 2.28. The Morgan fingerprint density at radius 2 is 1.33 bits per heavy atom. The van der Waals surface area contributed by atoms with Crippen molar-refractivity contribution in [3.8, 4) is 0 Å². The van der Waals surface area contributed by atoms with Crippen LogP contribution in [0.25, 0.3) is 0 Å². The van der Waals surface area contributed by atoms with E-state index in [-0.39, 0.29) is 16.9 Å². The molecule has 0 heterocycles. The third kappa shape index (κ3) is 8.90. The van der Waals surface area contributed by atoms with Crippen molar-refractivity contribution < 1.29 is 29.0 Å². The van der Waals surface area contributed by atoms with Gasteiger partial charge in [0.25, 0.3) is 0 Å². The standard InChI is InChI=1S/C8H10O4.C4H6O2/c1-5(2)7(9)12-6(3)8(10)11-4;1-3(2)4(5)6/h1,3H2,2,4H3;1H2,2H3,(H,5,6). The molecule has 0 unspecified atom stereocenters. The van der Waals surface area contributed by atoms with Crippen LogP contribution in [0, 0.1) is 0 Å². The number of hydrogen-bond acceptors (Lipinski definition) is 5. The first kappa shape index (κ1) is 18.0. The summed E-state index contributed by atoms with van der Waals surface area (Å²) >= 11 is 0. The van der Waals surface area contributed by atoms with Crippen molar-refractivity contribution in [3.63, 3.8) is 0 Å². The van der Waals surface area contributed by atoms with E-state index in [9.17, 15) is 14.4 Å². The van der Waals surface area contributed by atoms with Gasteiger partial charge in [-0.1, -0.05) is 13.2 Å². The molecule has 0 aromatic rings. The van der Waals surface area contributed by atoms with Gasteiger partial charge in [0.2, 0.25) is 5.76 Å². The van der Waals surface area contributed by atoms with E-state index in [2.05, 4.69) is 29.2 Å². The molecule has 6 nitrogen and oxygen atoms in total. The lowest BCUT2D eigenvalue weighted by Crippen LogP contribution is -2.12. The second-order valence-corrected chi connectivity index (χ2v) is 3.17. The third-order valence-corrected chi connectivity index (χ3v) is 1.34. The van der Waals surface area contributed by atoms with Gasteiger partial charge in [0, 0.05) is 11.1 Å². The maximum atomic E-state index is 10.8. The minimum Gasteiger partial charge on any atom is -0.478 e. The van der Waals surface area contributed by atoms with Crippen LogP contribution >= 0.6 is 0 Å². The number of aliphatic carboxylic acids is 1. The predicted octanol–water partition coefficient (Wildman–Crippen LogP) is 1.44. The van der Waals surface area contributed by atoms with Crippen molar-refractivity contribution in [1.29, 1.82) is 0 Å². The first-order chi connectivity index (χ1) is 8.13. The Morgan fingerprint density at radius 1 is 0.944 bits per heavy atom. The first-order valence-corrected chi connectivity index (χ1v) is 4.67. The number of methoxy groups -OCH3 is 1. The zero-order valence-electron chi connectivity index (χ0n) is 10.6. The zero-order valence-corrected chi connectivity index (χ0v) is 10.6. The van der Waals surface area contributed by atoms with Crippen LogP contribution in [0.5, 0.6) is 0 Å². The lowest BCUT2D eigenvalue weighted by molar-refractivity contribution is -0.147. The van der Waals surface area contributed by atoms with Crippen LogP contribution in [0.1, 0.15) is 13.8 Å². The molecule has 0 amide bonds. The average molecular weight is 256 g/mol. The number of esters is 2. The molecule has 0 spiro atoms. The van der Waals surface area contributed by atoms with Gasteiger partial charge >= 0.3 is 17.9 Å². The van der Waals surface area contributed by atoms with Crippen LogP contribution in [0.2, 0.25) is 0 Å². The summed E-state index contributed by atoms with van der Waals surface area (Å²) < 4.78 is 8.70. The van der Waals surface area contributed by atoms with Gasteiger partial charge in [-0.15, -0.1) is 0 Å². The van der Waals surface area contributed by atoms with Gasteiger partial charge in [-0.3, -0.25) is 0 Å². The normalized spacial score (nSPS) is 8.17. The molecule has 1 N–H and O–H groups in total. The Labute approximate surface area is 105 Å². The Balaban J connectivity index is 0. The highest BCUT2D eigenvalue weighted by Gasteiger charge is 2.12. The van der Waals surface area contributed by atoms with E-state index in [1.54, 1.807) is 0 Å². The van der Waals surface area contributed by atoms with Crippen LogP contribution in [-0.4, -0.2) is 30.1 Å². The van der Waals surface area contributed by atoms with Gasteiger partial charge in [0.15, 0.2) is 0 Å². The number of carboxylic acids is 1. The Hall–Kier alpha value is -2.37. The van der Waals surface area contributed by atoms with E-state index in [0.29, 0.717) is 0 Å². The predicted molar refractivity (Wildman–Crippen MR) is 64.5 cm³/mol. The molecule has 0 radical (unpaired) electrons. The maximum Gasteiger partial charge on any atom is 0.373 e. The molecule has 18 heavy (non-hydrogen) atoms. The Morgan fingerprint density at radius 3 is 1.56 bits per heavy atom. The molecule has 6 heteroatoms. The molecule has 0 saturated heterocycles. The van der Waals surface area contributed by atoms with Crippen LogP contribution in [0.3, 0.4) is 0 Å². The molecule has 0 bridgehead atoms. The second kappa shape index (κ2) is 8.74. The van der Waals surface area contributed by atoms with Gasteiger partial charge in [-0.25, -0.2) is 14.4 Å². The van der Waals surface area contributed by atoms with Gasteiger partial charge in [0.1, 0.15) is 0 Å². The summed E-state index contributed by atoms with van der Waals surface area (Å²) in [7, 11) is 1.17. The first-order valence-electron chi connectivity index (χ1n) is 4.67. The minimum atomic E-state index is -0.935. The number of carboxylic acid groups (broad SMARTS) is 1. The third-order valence-electron chi connectivity index (χ3n) is 1.34. The number of hydrogen-bond donors (Lipinski definition) is 1. The fraction of sp³-hybridized carbons (Fsp3) is 0.250. The van der Waals surface area contributed by atoms with Gasteiger partial charge in [-0.2, -0.15) is 0 Å². The SMILES string of the molecule is C=C(C)C(=O)O.C=C(C)C(=O)OC(=C)C(=O)OC. The van der Waals surface area contributed by atoms with Crippen molar-refractivity contribution >= 4 is 17.9 Å². The second-order valence-electron chi connectivity index (χ2n) is 3.17. The van der Waals surface area contributed by atoms with E-state index in [0.717, 1.165) is 0 Å². The minimum absolute atomic E-state index is 0.176. The molecule has 0 aliphatic rings. The Kier molecular flexibility index (Phi) is 8.75. The van der Waals surface area contributed by atoms with E-state index in [1.165, 1.54) is 21.0 Å². The lowest BCUT2D eigenvalue weighted by Gasteiger charge is -2.03. The maximum absolute atomic E-state index is 10.8. The lowest BCUT2D eigenvalue weighted by atomic mass is 10.4. The monoisotopic (exact) mass is 256 g/mol. The number of ether oxygens (including phenoxy) is 2. The molecule has 0 aromatic carbocycles. The summed E-state index contributed by atoms with van der Waals surface area (Å²) in [6.07, 6.45) is 0. The van der Waals surface area contributed by atoms with Crippen LogP contribution in [0.4, 0.5) is 0 Å². The smallest absolute Gasteiger partial charge is 0.373 e.